The molecule has 1 aromatic heterocycles. The average molecular weight is 221 g/mol. The molecule has 2 heterocycles. The standard InChI is InChI=1S/C11H11NO2S/c1-11(4-5-15-11)7-2-3-9-8(6-7)12-10(13)14-9/h2-3,6H,4-5H2,1H3,(H,12,13). The number of H-pyrrole nitrogens is 1. The van der Waals surface area contributed by atoms with E-state index in [0.29, 0.717) is 5.58 Å². The van der Waals surface area contributed by atoms with Gasteiger partial charge in [0.05, 0.1) is 5.52 Å². The molecule has 2 aromatic rings. The Labute approximate surface area is 90.9 Å². The van der Waals surface area contributed by atoms with Gasteiger partial charge < -0.3 is 4.42 Å². The fourth-order valence-electron chi connectivity index (χ4n) is 1.92. The van der Waals surface area contributed by atoms with Gasteiger partial charge in [0.2, 0.25) is 0 Å². The number of thioether (sulfide) groups is 1. The molecule has 4 heteroatoms. The van der Waals surface area contributed by atoms with Crippen molar-refractivity contribution in [1.29, 1.82) is 0 Å². The third-order valence-corrected chi connectivity index (χ3v) is 4.51. The van der Waals surface area contributed by atoms with Gasteiger partial charge in [-0.05, 0) is 36.8 Å². The van der Waals surface area contributed by atoms with Crippen molar-refractivity contribution < 1.29 is 4.42 Å². The zero-order valence-electron chi connectivity index (χ0n) is 8.37. The highest BCUT2D eigenvalue weighted by Gasteiger charge is 2.34. The van der Waals surface area contributed by atoms with Gasteiger partial charge >= 0.3 is 5.76 Å². The molecule has 1 atom stereocenters. The summed E-state index contributed by atoms with van der Waals surface area (Å²) < 4.78 is 5.19. The SMILES string of the molecule is CC1(c2ccc3oc(=O)[nH]c3c2)CCS1. The van der Waals surface area contributed by atoms with Crippen molar-refractivity contribution in [2.24, 2.45) is 0 Å². The highest BCUT2D eigenvalue weighted by atomic mass is 32.2. The maximum absolute atomic E-state index is 11.0. The molecule has 15 heavy (non-hydrogen) atoms. The third-order valence-electron chi connectivity index (χ3n) is 3.03. The molecular formula is C11H11NO2S. The van der Waals surface area contributed by atoms with E-state index >= 15 is 0 Å². The van der Waals surface area contributed by atoms with Crippen LogP contribution in [-0.4, -0.2) is 10.7 Å². The summed E-state index contributed by atoms with van der Waals surface area (Å²) in [4.78, 5) is 13.7. The van der Waals surface area contributed by atoms with E-state index < -0.39 is 0 Å². The van der Waals surface area contributed by atoms with Crippen LogP contribution in [0.5, 0.6) is 0 Å². The number of rotatable bonds is 1. The van der Waals surface area contributed by atoms with Gasteiger partial charge in [0.15, 0.2) is 5.58 Å². The number of aromatic nitrogens is 1. The molecule has 3 nitrogen and oxygen atoms in total. The summed E-state index contributed by atoms with van der Waals surface area (Å²) in [5, 5.41) is 0. The first-order chi connectivity index (χ1) is 7.17. The largest absolute Gasteiger partial charge is 0.417 e. The number of aromatic amines is 1. The number of benzene rings is 1. The molecular weight excluding hydrogens is 210 g/mol. The van der Waals surface area contributed by atoms with Gasteiger partial charge in [-0.15, -0.1) is 0 Å². The number of hydrogen-bond acceptors (Lipinski definition) is 3. The summed E-state index contributed by atoms with van der Waals surface area (Å²) in [7, 11) is 0. The minimum atomic E-state index is -0.381. The van der Waals surface area contributed by atoms with Crippen molar-refractivity contribution in [2.45, 2.75) is 18.1 Å². The van der Waals surface area contributed by atoms with Crippen molar-refractivity contribution in [2.75, 3.05) is 5.75 Å². The van der Waals surface area contributed by atoms with E-state index in [1.54, 1.807) is 0 Å². The van der Waals surface area contributed by atoms with Gasteiger partial charge in [-0.1, -0.05) is 6.07 Å². The second-order valence-corrected chi connectivity index (χ2v) is 5.65. The molecule has 0 bridgehead atoms. The Kier molecular flexibility index (Phi) is 1.77. The molecule has 1 aliphatic rings. The quantitative estimate of drug-likeness (QED) is 0.804. The number of fused-ring (bicyclic) bond motifs is 1. The Morgan fingerprint density at radius 3 is 3.00 bits per heavy atom. The van der Waals surface area contributed by atoms with E-state index in [1.807, 2.05) is 30.0 Å². The third kappa shape index (κ3) is 1.32. The average Bonchev–Trinajstić information content (AvgIpc) is 2.53. The van der Waals surface area contributed by atoms with E-state index in [1.165, 1.54) is 17.7 Å². The molecule has 1 unspecified atom stereocenters. The van der Waals surface area contributed by atoms with E-state index in [-0.39, 0.29) is 10.5 Å². The van der Waals surface area contributed by atoms with E-state index in [9.17, 15) is 4.79 Å². The highest BCUT2D eigenvalue weighted by Crippen LogP contribution is 2.49. The van der Waals surface area contributed by atoms with Crippen LogP contribution in [0.3, 0.4) is 0 Å². The molecule has 1 fully saturated rings. The normalized spacial score (nSPS) is 25.4. The van der Waals surface area contributed by atoms with Crippen LogP contribution in [0.1, 0.15) is 18.9 Å². The Balaban J connectivity index is 2.17. The fraction of sp³-hybridized carbons (Fsp3) is 0.364. The fourth-order valence-corrected chi connectivity index (χ4v) is 3.03. The van der Waals surface area contributed by atoms with Crippen LogP contribution in [0.4, 0.5) is 0 Å². The lowest BCUT2D eigenvalue weighted by Gasteiger charge is -2.38. The van der Waals surface area contributed by atoms with Crippen molar-refractivity contribution in [3.63, 3.8) is 0 Å². The van der Waals surface area contributed by atoms with Crippen LogP contribution in [0.25, 0.3) is 11.1 Å². The van der Waals surface area contributed by atoms with E-state index in [2.05, 4.69) is 11.9 Å². The monoisotopic (exact) mass is 221 g/mol. The van der Waals surface area contributed by atoms with Crippen LogP contribution in [0.2, 0.25) is 0 Å². The van der Waals surface area contributed by atoms with Gasteiger partial charge in [-0.25, -0.2) is 4.79 Å². The lowest BCUT2D eigenvalue weighted by Crippen LogP contribution is -2.27. The summed E-state index contributed by atoms with van der Waals surface area (Å²) in [6, 6.07) is 5.93. The highest BCUT2D eigenvalue weighted by molar-refractivity contribution is 8.01. The Hall–Kier alpha value is -1.16. The Morgan fingerprint density at radius 1 is 1.53 bits per heavy atom. The zero-order chi connectivity index (χ0) is 10.5. The summed E-state index contributed by atoms with van der Waals surface area (Å²) in [6.07, 6.45) is 1.20. The van der Waals surface area contributed by atoms with Gasteiger partial charge in [0.1, 0.15) is 0 Å². The van der Waals surface area contributed by atoms with Crippen molar-refractivity contribution >= 4 is 22.9 Å². The van der Waals surface area contributed by atoms with Crippen LogP contribution in [-0.2, 0) is 4.75 Å². The van der Waals surface area contributed by atoms with Crippen LogP contribution in [0.15, 0.2) is 27.4 Å². The molecule has 0 amide bonds. The summed E-state index contributed by atoms with van der Waals surface area (Å²) in [6.45, 7) is 2.24. The molecule has 1 aliphatic heterocycles. The number of oxazole rings is 1. The van der Waals surface area contributed by atoms with Crippen LogP contribution in [0, 0.1) is 0 Å². The molecule has 1 aromatic carbocycles. The summed E-state index contributed by atoms with van der Waals surface area (Å²) in [5.41, 5.74) is 2.70. The minimum absolute atomic E-state index is 0.225. The van der Waals surface area contributed by atoms with E-state index in [0.717, 1.165) is 5.52 Å². The maximum Gasteiger partial charge on any atom is 0.417 e. The first-order valence-corrected chi connectivity index (χ1v) is 5.93. The van der Waals surface area contributed by atoms with Crippen LogP contribution < -0.4 is 5.76 Å². The first kappa shape index (κ1) is 9.09. The smallest absolute Gasteiger partial charge is 0.408 e. The molecule has 0 spiro atoms. The van der Waals surface area contributed by atoms with Crippen molar-refractivity contribution in [3.05, 3.63) is 34.3 Å². The van der Waals surface area contributed by atoms with Crippen molar-refractivity contribution in [1.82, 2.24) is 4.98 Å². The predicted molar refractivity (Wildman–Crippen MR) is 61.3 cm³/mol. The lowest BCUT2D eigenvalue weighted by molar-refractivity contribution is 0.555. The van der Waals surface area contributed by atoms with Gasteiger partial charge in [0.25, 0.3) is 0 Å². The Morgan fingerprint density at radius 2 is 2.33 bits per heavy atom. The summed E-state index contributed by atoms with van der Waals surface area (Å²) >= 11 is 1.95. The topological polar surface area (TPSA) is 46.0 Å². The Bertz CT molecular complexity index is 565. The first-order valence-electron chi connectivity index (χ1n) is 4.95. The zero-order valence-corrected chi connectivity index (χ0v) is 9.19. The lowest BCUT2D eigenvalue weighted by atomic mass is 9.96. The van der Waals surface area contributed by atoms with Crippen molar-refractivity contribution in [3.8, 4) is 0 Å². The minimum Gasteiger partial charge on any atom is -0.408 e. The molecule has 1 saturated heterocycles. The molecule has 3 rings (SSSR count). The molecule has 0 saturated carbocycles. The summed E-state index contributed by atoms with van der Waals surface area (Å²) in [5.74, 6) is 0.838. The molecule has 0 aliphatic carbocycles. The van der Waals surface area contributed by atoms with Gasteiger partial charge in [-0.2, -0.15) is 11.8 Å². The number of nitrogens with one attached hydrogen (secondary N) is 1. The predicted octanol–water partition coefficient (Wildman–Crippen LogP) is 2.47. The maximum atomic E-state index is 11.0. The van der Waals surface area contributed by atoms with Gasteiger partial charge in [0, 0.05) is 4.75 Å². The van der Waals surface area contributed by atoms with Gasteiger partial charge in [-0.3, -0.25) is 4.98 Å². The second kappa shape index (κ2) is 2.92. The number of hydrogen-bond donors (Lipinski definition) is 1. The molecule has 0 radical (unpaired) electrons. The van der Waals surface area contributed by atoms with Crippen LogP contribution >= 0.6 is 11.8 Å². The second-order valence-electron chi connectivity index (χ2n) is 4.05. The molecule has 78 valence electrons. The molecule has 1 N–H and O–H groups in total. The van der Waals surface area contributed by atoms with E-state index in [4.69, 9.17) is 4.42 Å².